The van der Waals surface area contributed by atoms with Crippen molar-refractivity contribution in [2.24, 2.45) is 11.8 Å². The smallest absolute Gasteiger partial charge is 0.255 e. The van der Waals surface area contributed by atoms with Gasteiger partial charge in [-0.25, -0.2) is 0 Å². The third-order valence-electron chi connectivity index (χ3n) is 3.21. The standard InChI is InChI=1S/C14H21NO2/c1-9(2)11(4)8-15-14(17)12-7-5-6-10(3)13(12)16/h5-7,9,11,16H,8H2,1-4H3,(H,15,17). The number of carbonyl (C=O) groups is 1. The first-order chi connectivity index (χ1) is 7.93. The zero-order chi connectivity index (χ0) is 13.0. The molecule has 3 nitrogen and oxygen atoms in total. The molecule has 0 heterocycles. The summed E-state index contributed by atoms with van der Waals surface area (Å²) in [6.07, 6.45) is 0. The van der Waals surface area contributed by atoms with Crippen molar-refractivity contribution < 1.29 is 9.90 Å². The van der Waals surface area contributed by atoms with Gasteiger partial charge in [0, 0.05) is 6.54 Å². The maximum atomic E-state index is 11.9. The number of hydrogen-bond donors (Lipinski definition) is 2. The van der Waals surface area contributed by atoms with Gasteiger partial charge in [-0.15, -0.1) is 0 Å². The second kappa shape index (κ2) is 5.71. The molecule has 1 atom stereocenters. The van der Waals surface area contributed by atoms with Gasteiger partial charge in [-0.2, -0.15) is 0 Å². The van der Waals surface area contributed by atoms with E-state index in [1.807, 2.05) is 0 Å². The van der Waals surface area contributed by atoms with E-state index in [0.29, 0.717) is 23.9 Å². The van der Waals surface area contributed by atoms with Crippen molar-refractivity contribution in [1.82, 2.24) is 5.32 Å². The Bertz CT molecular complexity index is 399. The molecular weight excluding hydrogens is 214 g/mol. The fraction of sp³-hybridized carbons (Fsp3) is 0.500. The lowest BCUT2D eigenvalue weighted by Crippen LogP contribution is -2.30. The predicted octanol–water partition coefficient (Wildman–Crippen LogP) is 2.72. The summed E-state index contributed by atoms with van der Waals surface area (Å²) in [5.41, 5.74) is 1.07. The van der Waals surface area contributed by atoms with Crippen molar-refractivity contribution in [2.45, 2.75) is 27.7 Å². The molecule has 0 radical (unpaired) electrons. The Morgan fingerprint density at radius 2 is 2.00 bits per heavy atom. The quantitative estimate of drug-likeness (QED) is 0.843. The van der Waals surface area contributed by atoms with Gasteiger partial charge in [0.15, 0.2) is 0 Å². The number of phenolic OH excluding ortho intramolecular Hbond substituents is 1. The van der Waals surface area contributed by atoms with Crippen molar-refractivity contribution in [3.63, 3.8) is 0 Å². The zero-order valence-corrected chi connectivity index (χ0v) is 10.9. The number of phenols is 1. The highest BCUT2D eigenvalue weighted by Gasteiger charge is 2.14. The summed E-state index contributed by atoms with van der Waals surface area (Å²) < 4.78 is 0. The molecule has 0 aromatic heterocycles. The molecular formula is C14H21NO2. The first kappa shape index (κ1) is 13.6. The Balaban J connectivity index is 2.68. The molecule has 0 bridgehead atoms. The topological polar surface area (TPSA) is 49.3 Å². The van der Waals surface area contributed by atoms with Crippen LogP contribution in [0, 0.1) is 18.8 Å². The van der Waals surface area contributed by atoms with Crippen LogP contribution in [0.25, 0.3) is 0 Å². The first-order valence-electron chi connectivity index (χ1n) is 6.00. The maximum Gasteiger partial charge on any atom is 0.255 e. The highest BCUT2D eigenvalue weighted by Crippen LogP contribution is 2.21. The molecule has 0 aliphatic carbocycles. The Labute approximate surface area is 103 Å². The number of rotatable bonds is 4. The van der Waals surface area contributed by atoms with Crippen LogP contribution in [0.5, 0.6) is 5.75 Å². The van der Waals surface area contributed by atoms with E-state index in [9.17, 15) is 9.90 Å². The average Bonchev–Trinajstić information content (AvgIpc) is 2.29. The van der Waals surface area contributed by atoms with Crippen LogP contribution in [0.4, 0.5) is 0 Å². The second-order valence-electron chi connectivity index (χ2n) is 4.90. The summed E-state index contributed by atoms with van der Waals surface area (Å²) in [5.74, 6) is 0.813. The fourth-order valence-corrected chi connectivity index (χ4v) is 1.43. The van der Waals surface area contributed by atoms with Crippen molar-refractivity contribution in [3.05, 3.63) is 29.3 Å². The van der Waals surface area contributed by atoms with Crippen LogP contribution in [0.15, 0.2) is 18.2 Å². The molecule has 94 valence electrons. The molecule has 1 unspecified atom stereocenters. The van der Waals surface area contributed by atoms with Crippen molar-refractivity contribution in [2.75, 3.05) is 6.54 Å². The van der Waals surface area contributed by atoms with Crippen LogP contribution in [0.1, 0.15) is 36.7 Å². The summed E-state index contributed by atoms with van der Waals surface area (Å²) in [4.78, 5) is 11.9. The summed E-state index contributed by atoms with van der Waals surface area (Å²) in [7, 11) is 0. The number of nitrogens with one attached hydrogen (secondary N) is 1. The van der Waals surface area contributed by atoms with Gasteiger partial charge in [-0.3, -0.25) is 4.79 Å². The van der Waals surface area contributed by atoms with Crippen LogP contribution >= 0.6 is 0 Å². The lowest BCUT2D eigenvalue weighted by Gasteiger charge is -2.16. The molecule has 2 N–H and O–H groups in total. The lowest BCUT2D eigenvalue weighted by molar-refractivity contribution is 0.0942. The van der Waals surface area contributed by atoms with Crippen LogP contribution < -0.4 is 5.32 Å². The molecule has 0 saturated carbocycles. The lowest BCUT2D eigenvalue weighted by atomic mass is 9.98. The summed E-state index contributed by atoms with van der Waals surface area (Å²) in [5, 5.41) is 12.6. The SMILES string of the molecule is Cc1cccc(C(=O)NCC(C)C(C)C)c1O. The van der Waals surface area contributed by atoms with Gasteiger partial charge in [0.05, 0.1) is 5.56 Å². The highest BCUT2D eigenvalue weighted by atomic mass is 16.3. The first-order valence-corrected chi connectivity index (χ1v) is 6.00. The van der Waals surface area contributed by atoms with Gasteiger partial charge in [0.2, 0.25) is 0 Å². The normalized spacial score (nSPS) is 12.5. The highest BCUT2D eigenvalue weighted by molar-refractivity contribution is 5.97. The summed E-state index contributed by atoms with van der Waals surface area (Å²) in [6, 6.07) is 5.19. The van der Waals surface area contributed by atoms with Crippen molar-refractivity contribution in [1.29, 1.82) is 0 Å². The van der Waals surface area contributed by atoms with Gasteiger partial charge in [0.1, 0.15) is 5.75 Å². The third-order valence-corrected chi connectivity index (χ3v) is 3.21. The van der Waals surface area contributed by atoms with Crippen LogP contribution in [-0.4, -0.2) is 17.6 Å². The fourth-order valence-electron chi connectivity index (χ4n) is 1.43. The van der Waals surface area contributed by atoms with E-state index in [0.717, 1.165) is 5.56 Å². The monoisotopic (exact) mass is 235 g/mol. The largest absolute Gasteiger partial charge is 0.507 e. The number of benzene rings is 1. The van der Waals surface area contributed by atoms with Gasteiger partial charge < -0.3 is 10.4 Å². The minimum atomic E-state index is -0.210. The van der Waals surface area contributed by atoms with Crippen LogP contribution in [0.2, 0.25) is 0 Å². The number of amides is 1. The van der Waals surface area contributed by atoms with E-state index in [2.05, 4.69) is 26.1 Å². The summed E-state index contributed by atoms with van der Waals surface area (Å²) in [6.45, 7) is 8.76. The van der Waals surface area contributed by atoms with Gasteiger partial charge >= 0.3 is 0 Å². The third kappa shape index (κ3) is 3.48. The average molecular weight is 235 g/mol. The minimum absolute atomic E-state index is 0.0715. The minimum Gasteiger partial charge on any atom is -0.507 e. The van der Waals surface area contributed by atoms with E-state index in [4.69, 9.17) is 0 Å². The molecule has 1 aromatic rings. The Morgan fingerprint density at radius 3 is 2.59 bits per heavy atom. The Morgan fingerprint density at radius 1 is 1.35 bits per heavy atom. The maximum absolute atomic E-state index is 11.9. The van der Waals surface area contributed by atoms with E-state index < -0.39 is 0 Å². The number of hydrogen-bond acceptors (Lipinski definition) is 2. The molecule has 17 heavy (non-hydrogen) atoms. The Hall–Kier alpha value is -1.51. The Kier molecular flexibility index (Phi) is 4.55. The molecule has 0 fully saturated rings. The van der Waals surface area contributed by atoms with Crippen molar-refractivity contribution in [3.8, 4) is 5.75 Å². The molecule has 1 rings (SSSR count). The predicted molar refractivity (Wildman–Crippen MR) is 69.2 cm³/mol. The molecule has 0 spiro atoms. The van der Waals surface area contributed by atoms with Crippen molar-refractivity contribution >= 4 is 5.91 Å². The number of aryl methyl sites for hydroxylation is 1. The number of para-hydroxylation sites is 1. The van der Waals surface area contributed by atoms with E-state index in [-0.39, 0.29) is 11.7 Å². The molecule has 0 saturated heterocycles. The zero-order valence-electron chi connectivity index (χ0n) is 10.9. The molecule has 1 aromatic carbocycles. The molecule has 0 aliphatic rings. The van der Waals surface area contributed by atoms with Gasteiger partial charge in [0.25, 0.3) is 5.91 Å². The van der Waals surface area contributed by atoms with Gasteiger partial charge in [-0.1, -0.05) is 32.9 Å². The van der Waals surface area contributed by atoms with Gasteiger partial charge in [-0.05, 0) is 30.4 Å². The molecule has 1 amide bonds. The molecule has 3 heteroatoms. The number of carbonyl (C=O) groups excluding carboxylic acids is 1. The van der Waals surface area contributed by atoms with E-state index in [1.54, 1.807) is 25.1 Å². The van der Waals surface area contributed by atoms with Crippen LogP contribution in [-0.2, 0) is 0 Å². The van der Waals surface area contributed by atoms with E-state index in [1.165, 1.54) is 0 Å². The van der Waals surface area contributed by atoms with E-state index >= 15 is 0 Å². The summed E-state index contributed by atoms with van der Waals surface area (Å²) >= 11 is 0. The second-order valence-corrected chi connectivity index (χ2v) is 4.90. The van der Waals surface area contributed by atoms with Crippen LogP contribution in [0.3, 0.4) is 0 Å². The molecule has 0 aliphatic heterocycles. The number of aromatic hydroxyl groups is 1.